The first-order valence-electron chi connectivity index (χ1n) is 14.3. The van der Waals surface area contributed by atoms with E-state index in [2.05, 4.69) is 16.0 Å². The lowest BCUT2D eigenvalue weighted by atomic mass is 10.1. The molecule has 0 aromatic carbocycles. The molecule has 254 valence electrons. The van der Waals surface area contributed by atoms with E-state index in [1.54, 1.807) is 41.5 Å². The molecule has 0 aliphatic rings. The highest BCUT2D eigenvalue weighted by atomic mass is 16.6. The zero-order valence-corrected chi connectivity index (χ0v) is 26.6. The van der Waals surface area contributed by atoms with E-state index < -0.39 is 54.1 Å². The molecule has 1 atom stereocenters. The van der Waals surface area contributed by atoms with Crippen molar-refractivity contribution >= 4 is 35.6 Å². The van der Waals surface area contributed by atoms with Gasteiger partial charge in [-0.2, -0.15) is 0 Å². The third kappa shape index (κ3) is 26.3. The minimum atomic E-state index is -1.14. The summed E-state index contributed by atoms with van der Waals surface area (Å²) in [5.74, 6) is -3.98. The summed E-state index contributed by atoms with van der Waals surface area (Å²) < 4.78 is 31.0. The highest BCUT2D eigenvalue weighted by molar-refractivity contribution is 5.96. The maximum absolute atomic E-state index is 12.6. The Bertz CT molecular complexity index is 913. The van der Waals surface area contributed by atoms with Gasteiger partial charge in [0.05, 0.1) is 39.6 Å². The van der Waals surface area contributed by atoms with E-state index in [0.29, 0.717) is 0 Å². The smallest absolute Gasteiger partial charge is 0.329 e. The summed E-state index contributed by atoms with van der Waals surface area (Å²) in [5.41, 5.74) is -1.59. The van der Waals surface area contributed by atoms with E-state index in [1.807, 2.05) is 0 Å². The van der Waals surface area contributed by atoms with Gasteiger partial charge in [0.25, 0.3) is 0 Å². The molecule has 16 heteroatoms. The largest absolute Gasteiger partial charge is 0.480 e. The standard InChI is InChI=1S/C28H49N3O13/c1-27(2,3)43-25(37)17-22(33)31-20(26(38)44-28(4,5)6)7-8-21(32)29-9-11-39-13-15-41-18-23(34)30-10-12-40-14-16-42-19-24(35)36/h20H,7-19H2,1-6H3,(H,29,32)(H,30,34)(H,31,33)(H,35,36)/t20-/m0/s1. The molecule has 0 radical (unpaired) electrons. The second kappa shape index (κ2) is 22.2. The number of amides is 3. The van der Waals surface area contributed by atoms with Gasteiger partial charge in [0.2, 0.25) is 17.7 Å². The molecule has 0 aliphatic carbocycles. The van der Waals surface area contributed by atoms with E-state index in [0.717, 1.165) is 0 Å². The fraction of sp³-hybridized carbons (Fsp3) is 0.786. The number of rotatable bonds is 23. The minimum absolute atomic E-state index is 0.0507. The minimum Gasteiger partial charge on any atom is -0.480 e. The summed E-state index contributed by atoms with van der Waals surface area (Å²) >= 11 is 0. The van der Waals surface area contributed by atoms with Gasteiger partial charge in [-0.3, -0.25) is 19.2 Å². The first-order valence-corrected chi connectivity index (χ1v) is 14.3. The van der Waals surface area contributed by atoms with Crippen LogP contribution in [0.25, 0.3) is 0 Å². The molecule has 0 aromatic rings. The van der Waals surface area contributed by atoms with Crippen LogP contribution in [0.5, 0.6) is 0 Å². The van der Waals surface area contributed by atoms with Gasteiger partial charge in [0.1, 0.15) is 36.9 Å². The van der Waals surface area contributed by atoms with Gasteiger partial charge in [-0.1, -0.05) is 0 Å². The van der Waals surface area contributed by atoms with Gasteiger partial charge >= 0.3 is 17.9 Å². The molecule has 0 aromatic heterocycles. The predicted octanol–water partition coefficient (Wildman–Crippen LogP) is -0.292. The summed E-state index contributed by atoms with van der Waals surface area (Å²) in [5, 5.41) is 16.1. The molecular formula is C28H49N3O13. The van der Waals surface area contributed by atoms with Gasteiger partial charge < -0.3 is 49.5 Å². The van der Waals surface area contributed by atoms with Crippen LogP contribution in [0.1, 0.15) is 60.8 Å². The molecule has 0 spiro atoms. The van der Waals surface area contributed by atoms with Crippen molar-refractivity contribution in [1.82, 2.24) is 16.0 Å². The number of esters is 2. The first kappa shape index (κ1) is 40.7. The number of carboxylic acids is 1. The van der Waals surface area contributed by atoms with E-state index in [9.17, 15) is 28.8 Å². The molecule has 0 rings (SSSR count). The van der Waals surface area contributed by atoms with Gasteiger partial charge in [0.15, 0.2) is 0 Å². The van der Waals surface area contributed by atoms with Crippen LogP contribution >= 0.6 is 0 Å². The van der Waals surface area contributed by atoms with Crippen molar-refractivity contribution in [2.45, 2.75) is 78.0 Å². The average Bonchev–Trinajstić information content (AvgIpc) is 2.87. The van der Waals surface area contributed by atoms with Crippen molar-refractivity contribution in [3.63, 3.8) is 0 Å². The number of carbonyl (C=O) groups excluding carboxylic acids is 5. The lowest BCUT2D eigenvalue weighted by Crippen LogP contribution is -2.45. The van der Waals surface area contributed by atoms with Crippen molar-refractivity contribution in [3.8, 4) is 0 Å². The van der Waals surface area contributed by atoms with Gasteiger partial charge in [0, 0.05) is 19.5 Å². The Morgan fingerprint density at radius 3 is 1.66 bits per heavy atom. The van der Waals surface area contributed by atoms with Crippen LogP contribution in [0.4, 0.5) is 0 Å². The molecule has 0 saturated carbocycles. The van der Waals surface area contributed by atoms with E-state index in [1.165, 1.54) is 0 Å². The second-order valence-electron chi connectivity index (χ2n) is 11.4. The van der Waals surface area contributed by atoms with Crippen molar-refractivity contribution in [2.24, 2.45) is 0 Å². The quantitative estimate of drug-likeness (QED) is 0.0646. The zero-order chi connectivity index (χ0) is 33.6. The summed E-state index contributed by atoms with van der Waals surface area (Å²) in [6, 6.07) is -1.14. The van der Waals surface area contributed by atoms with E-state index >= 15 is 0 Å². The molecule has 0 aliphatic heterocycles. The monoisotopic (exact) mass is 635 g/mol. The number of ether oxygens (including phenoxy) is 6. The highest BCUT2D eigenvalue weighted by Gasteiger charge is 2.28. The van der Waals surface area contributed by atoms with Crippen LogP contribution in [-0.4, -0.2) is 124 Å². The Morgan fingerprint density at radius 2 is 1.14 bits per heavy atom. The molecule has 16 nitrogen and oxygen atoms in total. The van der Waals surface area contributed by atoms with Crippen LogP contribution in [0.15, 0.2) is 0 Å². The highest BCUT2D eigenvalue weighted by Crippen LogP contribution is 2.12. The van der Waals surface area contributed by atoms with Crippen molar-refractivity contribution in [1.29, 1.82) is 0 Å². The lowest BCUT2D eigenvalue weighted by Gasteiger charge is -2.25. The van der Waals surface area contributed by atoms with Crippen molar-refractivity contribution < 1.29 is 62.3 Å². The average molecular weight is 636 g/mol. The molecule has 0 saturated heterocycles. The third-order valence-corrected chi connectivity index (χ3v) is 4.75. The maximum Gasteiger partial charge on any atom is 0.329 e. The molecule has 3 amide bonds. The number of carbonyl (C=O) groups is 6. The summed E-state index contributed by atoms with van der Waals surface area (Å²) in [7, 11) is 0. The van der Waals surface area contributed by atoms with E-state index in [-0.39, 0.29) is 84.0 Å². The van der Waals surface area contributed by atoms with Crippen molar-refractivity contribution in [3.05, 3.63) is 0 Å². The van der Waals surface area contributed by atoms with E-state index in [4.69, 9.17) is 33.5 Å². The Balaban J connectivity index is 4.16. The third-order valence-electron chi connectivity index (χ3n) is 4.75. The molecule has 0 fully saturated rings. The molecule has 0 bridgehead atoms. The topological polar surface area (TPSA) is 214 Å². The fourth-order valence-corrected chi connectivity index (χ4v) is 3.08. The van der Waals surface area contributed by atoms with Gasteiger partial charge in [-0.15, -0.1) is 0 Å². The van der Waals surface area contributed by atoms with Crippen molar-refractivity contribution in [2.75, 3.05) is 65.9 Å². The zero-order valence-electron chi connectivity index (χ0n) is 26.6. The van der Waals surface area contributed by atoms with Crippen LogP contribution in [-0.2, 0) is 57.2 Å². The first-order chi connectivity index (χ1) is 20.5. The SMILES string of the molecule is CC(C)(C)OC(=O)CC(=O)N[C@@H](CCC(=O)NCCOCCOCC(=O)NCCOCCOCC(=O)O)C(=O)OC(C)(C)C. The predicted molar refractivity (Wildman–Crippen MR) is 154 cm³/mol. The number of hydrogen-bond acceptors (Lipinski definition) is 12. The number of aliphatic carboxylic acids is 1. The Hall–Kier alpha value is -3.34. The molecule has 0 heterocycles. The Kier molecular flexibility index (Phi) is 20.5. The molecule has 0 unspecified atom stereocenters. The number of hydrogen-bond donors (Lipinski definition) is 4. The van der Waals surface area contributed by atoms with Crippen LogP contribution in [0, 0.1) is 0 Å². The fourth-order valence-electron chi connectivity index (χ4n) is 3.08. The second-order valence-corrected chi connectivity index (χ2v) is 11.4. The molecule has 4 N–H and O–H groups in total. The Labute approximate surface area is 258 Å². The lowest BCUT2D eigenvalue weighted by molar-refractivity contribution is -0.161. The Morgan fingerprint density at radius 1 is 0.636 bits per heavy atom. The summed E-state index contributed by atoms with van der Waals surface area (Å²) in [6.45, 7) is 11.0. The number of nitrogens with one attached hydrogen (secondary N) is 3. The normalized spacial score (nSPS) is 12.1. The van der Waals surface area contributed by atoms with Gasteiger partial charge in [-0.25, -0.2) is 9.59 Å². The maximum atomic E-state index is 12.6. The van der Waals surface area contributed by atoms with Crippen LogP contribution < -0.4 is 16.0 Å². The van der Waals surface area contributed by atoms with Crippen LogP contribution in [0.3, 0.4) is 0 Å². The molecule has 44 heavy (non-hydrogen) atoms. The molecular weight excluding hydrogens is 586 g/mol. The number of carboxylic acid groups (broad SMARTS) is 1. The summed E-state index contributed by atoms with van der Waals surface area (Å²) in [4.78, 5) is 71.2. The van der Waals surface area contributed by atoms with Crippen LogP contribution in [0.2, 0.25) is 0 Å². The summed E-state index contributed by atoms with van der Waals surface area (Å²) in [6.07, 6.45) is -0.734. The van der Waals surface area contributed by atoms with Gasteiger partial charge in [-0.05, 0) is 48.0 Å².